The molecule has 0 fully saturated rings. The largest absolute Gasteiger partial charge is 0.508 e. The second kappa shape index (κ2) is 4.00. The highest BCUT2D eigenvalue weighted by atomic mass is 16.3. The van der Waals surface area contributed by atoms with Gasteiger partial charge in [-0.15, -0.1) is 0 Å². The summed E-state index contributed by atoms with van der Waals surface area (Å²) >= 11 is 0. The summed E-state index contributed by atoms with van der Waals surface area (Å²) in [6.45, 7) is 1.93. The average Bonchev–Trinajstić information content (AvgIpc) is 2.23. The van der Waals surface area contributed by atoms with E-state index in [1.807, 2.05) is 13.0 Å². The Labute approximate surface area is 95.0 Å². The molecule has 1 aliphatic heterocycles. The third kappa shape index (κ3) is 1.81. The highest BCUT2D eigenvalue weighted by Crippen LogP contribution is 2.28. The Kier molecular flexibility index (Phi) is 2.69. The van der Waals surface area contributed by atoms with Crippen LogP contribution in [0.4, 0.5) is 0 Å². The Bertz CT molecular complexity index is 463. The van der Waals surface area contributed by atoms with Crippen molar-refractivity contribution in [3.8, 4) is 5.75 Å². The predicted octanol–water partition coefficient (Wildman–Crippen LogP) is 2.29. The van der Waals surface area contributed by atoms with Crippen LogP contribution in [-0.4, -0.2) is 23.0 Å². The van der Waals surface area contributed by atoms with Crippen LogP contribution in [0.3, 0.4) is 0 Å². The van der Waals surface area contributed by atoms with Crippen LogP contribution in [0.2, 0.25) is 0 Å². The molecule has 3 nitrogen and oxygen atoms in total. The van der Waals surface area contributed by atoms with Gasteiger partial charge in [0.15, 0.2) is 0 Å². The maximum absolute atomic E-state index is 11.6. The number of aryl methyl sites for hydroxylation is 1. The maximum Gasteiger partial charge on any atom is 0.227 e. The number of hydrogen-bond acceptors (Lipinski definition) is 2. The lowest BCUT2D eigenvalue weighted by Gasteiger charge is -2.25. The van der Waals surface area contributed by atoms with Gasteiger partial charge in [-0.3, -0.25) is 4.79 Å². The van der Waals surface area contributed by atoms with Gasteiger partial charge in [0.25, 0.3) is 0 Å². The number of carbonyl (C=O) groups is 1. The van der Waals surface area contributed by atoms with E-state index in [2.05, 4.69) is 6.08 Å². The molecule has 2 rings (SSSR count). The van der Waals surface area contributed by atoms with Gasteiger partial charge in [-0.2, -0.15) is 0 Å². The van der Waals surface area contributed by atoms with E-state index in [1.165, 1.54) is 0 Å². The highest BCUT2D eigenvalue weighted by molar-refractivity contribution is 5.89. The predicted molar refractivity (Wildman–Crippen MR) is 62.8 cm³/mol. The average molecular weight is 217 g/mol. The van der Waals surface area contributed by atoms with Crippen LogP contribution < -0.4 is 0 Å². The lowest BCUT2D eigenvalue weighted by molar-refractivity contribution is -0.127. The molecule has 0 radical (unpaired) electrons. The van der Waals surface area contributed by atoms with Crippen LogP contribution in [0, 0.1) is 6.92 Å². The van der Waals surface area contributed by atoms with Crippen LogP contribution in [0.5, 0.6) is 5.75 Å². The molecule has 0 saturated heterocycles. The number of amides is 1. The molecule has 0 aromatic heterocycles. The molecule has 84 valence electrons. The quantitative estimate of drug-likeness (QED) is 0.784. The smallest absolute Gasteiger partial charge is 0.227 e. The van der Waals surface area contributed by atoms with Crippen molar-refractivity contribution in [1.82, 2.24) is 4.90 Å². The summed E-state index contributed by atoms with van der Waals surface area (Å²) in [6, 6.07) is 5.21. The van der Waals surface area contributed by atoms with E-state index in [0.29, 0.717) is 6.42 Å². The van der Waals surface area contributed by atoms with E-state index < -0.39 is 0 Å². The van der Waals surface area contributed by atoms with Gasteiger partial charge >= 0.3 is 0 Å². The topological polar surface area (TPSA) is 40.5 Å². The summed E-state index contributed by atoms with van der Waals surface area (Å²) < 4.78 is 0. The first-order chi connectivity index (χ1) is 7.59. The molecular weight excluding hydrogens is 202 g/mol. The molecule has 1 amide bonds. The van der Waals surface area contributed by atoms with Gasteiger partial charge in [-0.05, 0) is 37.1 Å². The zero-order valence-electron chi connectivity index (χ0n) is 9.53. The lowest BCUT2D eigenvalue weighted by Crippen LogP contribution is -2.27. The molecule has 0 spiro atoms. The van der Waals surface area contributed by atoms with E-state index in [-0.39, 0.29) is 11.7 Å². The van der Waals surface area contributed by atoms with Crippen LogP contribution in [0.15, 0.2) is 24.3 Å². The first-order valence-electron chi connectivity index (χ1n) is 5.36. The highest BCUT2D eigenvalue weighted by Gasteiger charge is 2.19. The van der Waals surface area contributed by atoms with Gasteiger partial charge in [-0.25, -0.2) is 0 Å². The van der Waals surface area contributed by atoms with Crippen LogP contribution in [0.1, 0.15) is 24.0 Å². The van der Waals surface area contributed by atoms with Gasteiger partial charge in [0.2, 0.25) is 5.91 Å². The number of rotatable bonds is 1. The first-order valence-corrected chi connectivity index (χ1v) is 5.36. The van der Waals surface area contributed by atoms with Crippen molar-refractivity contribution in [3.05, 3.63) is 35.4 Å². The normalized spacial score (nSPS) is 16.2. The summed E-state index contributed by atoms with van der Waals surface area (Å²) in [5.41, 5.74) is 2.93. The summed E-state index contributed by atoms with van der Waals surface area (Å²) in [4.78, 5) is 13.3. The number of hydrogen-bond donors (Lipinski definition) is 1. The van der Waals surface area contributed by atoms with Crippen LogP contribution >= 0.6 is 0 Å². The van der Waals surface area contributed by atoms with Crippen molar-refractivity contribution >= 4 is 11.6 Å². The first kappa shape index (κ1) is 10.7. The Morgan fingerprint density at radius 3 is 2.81 bits per heavy atom. The van der Waals surface area contributed by atoms with E-state index >= 15 is 0 Å². The molecule has 1 N–H and O–H groups in total. The number of nitrogens with zero attached hydrogens (tertiary/aromatic N) is 1. The fourth-order valence-corrected chi connectivity index (χ4v) is 2.00. The van der Waals surface area contributed by atoms with Crippen molar-refractivity contribution in [1.29, 1.82) is 0 Å². The molecule has 0 unspecified atom stereocenters. The van der Waals surface area contributed by atoms with E-state index in [0.717, 1.165) is 23.2 Å². The third-order valence-electron chi connectivity index (χ3n) is 2.92. The van der Waals surface area contributed by atoms with E-state index in [9.17, 15) is 9.90 Å². The Balaban J connectivity index is 2.44. The van der Waals surface area contributed by atoms with Crippen molar-refractivity contribution in [2.75, 3.05) is 7.05 Å². The Morgan fingerprint density at radius 1 is 1.38 bits per heavy atom. The minimum Gasteiger partial charge on any atom is -0.508 e. The molecule has 1 heterocycles. The van der Waals surface area contributed by atoms with Gasteiger partial charge in [0, 0.05) is 24.7 Å². The minimum absolute atomic E-state index is 0.143. The number of benzene rings is 1. The molecule has 0 bridgehead atoms. The molecular formula is C13H15NO2. The van der Waals surface area contributed by atoms with Crippen LogP contribution in [-0.2, 0) is 4.79 Å². The number of phenols is 1. The second-order valence-corrected chi connectivity index (χ2v) is 4.08. The van der Waals surface area contributed by atoms with Crippen molar-refractivity contribution in [2.24, 2.45) is 0 Å². The van der Waals surface area contributed by atoms with Crippen molar-refractivity contribution in [3.63, 3.8) is 0 Å². The third-order valence-corrected chi connectivity index (χ3v) is 2.92. The molecule has 1 aromatic carbocycles. The van der Waals surface area contributed by atoms with Crippen molar-refractivity contribution < 1.29 is 9.90 Å². The summed E-state index contributed by atoms with van der Waals surface area (Å²) in [5.74, 6) is 0.400. The van der Waals surface area contributed by atoms with Gasteiger partial charge < -0.3 is 10.0 Å². The standard InChI is InChI=1S/C13H15NO2/c1-9-8-10(15)6-7-11(9)12-4-3-5-13(16)14(12)2/h4,6-8,15H,3,5H2,1-2H3. The van der Waals surface area contributed by atoms with E-state index in [4.69, 9.17) is 0 Å². The Morgan fingerprint density at radius 2 is 2.12 bits per heavy atom. The van der Waals surface area contributed by atoms with Gasteiger partial charge in [0.1, 0.15) is 5.75 Å². The van der Waals surface area contributed by atoms with Gasteiger partial charge in [-0.1, -0.05) is 6.08 Å². The van der Waals surface area contributed by atoms with Gasteiger partial charge in [0.05, 0.1) is 0 Å². The monoisotopic (exact) mass is 217 g/mol. The molecule has 1 aromatic rings. The minimum atomic E-state index is 0.143. The summed E-state index contributed by atoms with van der Waals surface area (Å²) in [7, 11) is 1.79. The summed E-state index contributed by atoms with van der Waals surface area (Å²) in [6.07, 6.45) is 3.44. The molecule has 1 aliphatic rings. The fourth-order valence-electron chi connectivity index (χ4n) is 2.00. The molecule has 0 atom stereocenters. The molecule has 0 aliphatic carbocycles. The van der Waals surface area contributed by atoms with E-state index in [1.54, 1.807) is 24.1 Å². The molecule has 3 heteroatoms. The van der Waals surface area contributed by atoms with Crippen molar-refractivity contribution in [2.45, 2.75) is 19.8 Å². The zero-order chi connectivity index (χ0) is 11.7. The summed E-state index contributed by atoms with van der Waals surface area (Å²) in [5, 5.41) is 9.35. The Hall–Kier alpha value is -1.77. The SMILES string of the molecule is Cc1cc(O)ccc1C1=CCCC(=O)N1C. The van der Waals surface area contributed by atoms with Crippen LogP contribution in [0.25, 0.3) is 5.70 Å². The number of phenolic OH excluding ortho intramolecular Hbond substituents is 1. The number of allylic oxidation sites excluding steroid dienone is 1. The zero-order valence-corrected chi connectivity index (χ0v) is 9.53. The second-order valence-electron chi connectivity index (χ2n) is 4.08. The number of carbonyl (C=O) groups excluding carboxylic acids is 1. The fraction of sp³-hybridized carbons (Fsp3) is 0.308. The molecule has 16 heavy (non-hydrogen) atoms. The maximum atomic E-state index is 11.6. The number of aromatic hydroxyl groups is 1. The molecule has 0 saturated carbocycles. The lowest BCUT2D eigenvalue weighted by atomic mass is 10.0.